The molecular formula is C12H14N2O. The first kappa shape index (κ1) is 10.2. The number of rotatable bonds is 4. The zero-order valence-corrected chi connectivity index (χ0v) is 8.52. The standard InChI is InChI=1S/C12H14N2O/c13-7-6-11-9-15-12(11)14-8-10-4-2-1-3-5-10/h1-5,11-12,14H,6,8-9H2. The van der Waals surface area contributed by atoms with Crippen molar-refractivity contribution >= 4 is 0 Å². The first-order chi connectivity index (χ1) is 7.40. The first-order valence-electron chi connectivity index (χ1n) is 5.16. The molecule has 0 spiro atoms. The Bertz CT molecular complexity index is 344. The maximum atomic E-state index is 8.57. The number of nitrogens with zero attached hydrogens (tertiary/aromatic N) is 1. The van der Waals surface area contributed by atoms with Crippen LogP contribution in [0.3, 0.4) is 0 Å². The van der Waals surface area contributed by atoms with Gasteiger partial charge in [0.15, 0.2) is 0 Å². The molecule has 0 radical (unpaired) electrons. The highest BCUT2D eigenvalue weighted by molar-refractivity contribution is 5.14. The second kappa shape index (κ2) is 4.92. The summed E-state index contributed by atoms with van der Waals surface area (Å²) < 4.78 is 5.36. The number of hydrogen-bond acceptors (Lipinski definition) is 3. The third-order valence-corrected chi connectivity index (χ3v) is 2.62. The summed E-state index contributed by atoms with van der Waals surface area (Å²) in [7, 11) is 0. The molecule has 1 aliphatic rings. The van der Waals surface area contributed by atoms with Gasteiger partial charge in [0.1, 0.15) is 6.23 Å². The van der Waals surface area contributed by atoms with Crippen molar-refractivity contribution in [3.8, 4) is 6.07 Å². The van der Waals surface area contributed by atoms with Crippen molar-refractivity contribution in [1.29, 1.82) is 5.26 Å². The maximum Gasteiger partial charge on any atom is 0.114 e. The zero-order valence-electron chi connectivity index (χ0n) is 8.52. The molecule has 1 N–H and O–H groups in total. The fourth-order valence-corrected chi connectivity index (χ4v) is 1.65. The van der Waals surface area contributed by atoms with Gasteiger partial charge < -0.3 is 4.74 Å². The van der Waals surface area contributed by atoms with E-state index in [9.17, 15) is 0 Å². The predicted octanol–water partition coefficient (Wildman–Crippen LogP) is 1.66. The monoisotopic (exact) mass is 202 g/mol. The van der Waals surface area contributed by atoms with Gasteiger partial charge in [-0.3, -0.25) is 5.32 Å². The molecule has 78 valence electrons. The van der Waals surface area contributed by atoms with Crippen molar-refractivity contribution in [2.24, 2.45) is 5.92 Å². The van der Waals surface area contributed by atoms with Crippen molar-refractivity contribution in [2.75, 3.05) is 6.61 Å². The van der Waals surface area contributed by atoms with E-state index >= 15 is 0 Å². The minimum Gasteiger partial charge on any atom is -0.362 e. The summed E-state index contributed by atoms with van der Waals surface area (Å²) in [6.07, 6.45) is 0.636. The molecule has 2 rings (SSSR count). The Morgan fingerprint density at radius 3 is 2.80 bits per heavy atom. The van der Waals surface area contributed by atoms with Crippen molar-refractivity contribution < 1.29 is 4.74 Å². The lowest BCUT2D eigenvalue weighted by Gasteiger charge is -2.36. The van der Waals surface area contributed by atoms with Crippen molar-refractivity contribution in [1.82, 2.24) is 5.32 Å². The lowest BCUT2D eigenvalue weighted by molar-refractivity contribution is -0.131. The van der Waals surface area contributed by atoms with Gasteiger partial charge in [0.2, 0.25) is 0 Å². The smallest absolute Gasteiger partial charge is 0.114 e. The van der Waals surface area contributed by atoms with Crippen LogP contribution in [0.1, 0.15) is 12.0 Å². The highest BCUT2D eigenvalue weighted by Crippen LogP contribution is 2.21. The molecule has 0 amide bonds. The van der Waals surface area contributed by atoms with Crippen LogP contribution in [-0.2, 0) is 11.3 Å². The molecule has 0 bridgehead atoms. The minimum atomic E-state index is 0.0601. The lowest BCUT2D eigenvalue weighted by Crippen LogP contribution is -2.49. The van der Waals surface area contributed by atoms with Gasteiger partial charge in [-0.1, -0.05) is 30.3 Å². The van der Waals surface area contributed by atoms with Crippen LogP contribution in [-0.4, -0.2) is 12.8 Å². The molecule has 0 saturated carbocycles. The van der Waals surface area contributed by atoms with E-state index in [0.717, 1.165) is 6.54 Å². The van der Waals surface area contributed by atoms with E-state index in [1.165, 1.54) is 5.56 Å². The van der Waals surface area contributed by atoms with Crippen molar-refractivity contribution in [3.05, 3.63) is 35.9 Å². The highest BCUT2D eigenvalue weighted by Gasteiger charge is 2.31. The molecule has 1 heterocycles. The Balaban J connectivity index is 1.77. The van der Waals surface area contributed by atoms with E-state index in [1.807, 2.05) is 18.2 Å². The van der Waals surface area contributed by atoms with Crippen LogP contribution in [0.25, 0.3) is 0 Å². The molecule has 1 fully saturated rings. The molecule has 1 aromatic rings. The van der Waals surface area contributed by atoms with Gasteiger partial charge in [0.25, 0.3) is 0 Å². The number of benzene rings is 1. The summed E-state index contributed by atoms with van der Waals surface area (Å²) >= 11 is 0. The molecule has 3 nitrogen and oxygen atoms in total. The van der Waals surface area contributed by atoms with Crippen LogP contribution in [0.2, 0.25) is 0 Å². The van der Waals surface area contributed by atoms with E-state index in [-0.39, 0.29) is 6.23 Å². The molecule has 3 heteroatoms. The largest absolute Gasteiger partial charge is 0.362 e. The van der Waals surface area contributed by atoms with Crippen LogP contribution in [0, 0.1) is 17.2 Å². The fourth-order valence-electron chi connectivity index (χ4n) is 1.65. The molecule has 0 aromatic heterocycles. The molecular weight excluding hydrogens is 188 g/mol. The van der Waals surface area contributed by atoms with Gasteiger partial charge in [0.05, 0.1) is 12.7 Å². The third-order valence-electron chi connectivity index (χ3n) is 2.62. The SMILES string of the molecule is N#CCC1COC1NCc1ccccc1. The van der Waals surface area contributed by atoms with Crippen molar-refractivity contribution in [3.63, 3.8) is 0 Å². The molecule has 1 aliphatic heterocycles. The van der Waals surface area contributed by atoms with Crippen LogP contribution >= 0.6 is 0 Å². The normalized spacial score (nSPS) is 24.2. The van der Waals surface area contributed by atoms with Gasteiger partial charge in [-0.05, 0) is 5.56 Å². The number of ether oxygens (including phenoxy) is 1. The summed E-state index contributed by atoms with van der Waals surface area (Å²) in [6.45, 7) is 1.51. The first-order valence-corrected chi connectivity index (χ1v) is 5.16. The van der Waals surface area contributed by atoms with Gasteiger partial charge in [-0.25, -0.2) is 0 Å². The fraction of sp³-hybridized carbons (Fsp3) is 0.417. The van der Waals surface area contributed by atoms with Crippen molar-refractivity contribution in [2.45, 2.75) is 19.2 Å². The summed E-state index contributed by atoms with van der Waals surface area (Å²) in [6, 6.07) is 12.4. The van der Waals surface area contributed by atoms with E-state index in [1.54, 1.807) is 0 Å². The Labute approximate surface area is 89.7 Å². The third kappa shape index (κ3) is 2.56. The average molecular weight is 202 g/mol. The van der Waals surface area contributed by atoms with E-state index in [0.29, 0.717) is 18.9 Å². The Hall–Kier alpha value is -1.37. The molecule has 2 atom stereocenters. The summed E-state index contributed by atoms with van der Waals surface area (Å²) in [4.78, 5) is 0. The Morgan fingerprint density at radius 1 is 1.40 bits per heavy atom. The van der Waals surface area contributed by atoms with Crippen LogP contribution in [0.15, 0.2) is 30.3 Å². The molecule has 1 aromatic carbocycles. The predicted molar refractivity (Wildman–Crippen MR) is 56.7 cm³/mol. The molecule has 1 saturated heterocycles. The topological polar surface area (TPSA) is 45.0 Å². The number of hydrogen-bond donors (Lipinski definition) is 1. The van der Waals surface area contributed by atoms with E-state index in [2.05, 4.69) is 23.5 Å². The van der Waals surface area contributed by atoms with Crippen LogP contribution in [0.4, 0.5) is 0 Å². The van der Waals surface area contributed by atoms with Crippen LogP contribution < -0.4 is 5.32 Å². The summed E-state index contributed by atoms with van der Waals surface area (Å²) in [5.74, 6) is 0.360. The second-order valence-electron chi connectivity index (χ2n) is 3.74. The summed E-state index contributed by atoms with van der Waals surface area (Å²) in [5, 5.41) is 11.9. The van der Waals surface area contributed by atoms with Gasteiger partial charge in [-0.15, -0.1) is 0 Å². The zero-order chi connectivity index (χ0) is 10.5. The van der Waals surface area contributed by atoms with E-state index in [4.69, 9.17) is 10.00 Å². The number of nitrogens with one attached hydrogen (secondary N) is 1. The van der Waals surface area contributed by atoms with Crippen LogP contribution in [0.5, 0.6) is 0 Å². The van der Waals surface area contributed by atoms with Gasteiger partial charge in [0, 0.05) is 18.9 Å². The highest BCUT2D eigenvalue weighted by atomic mass is 16.5. The van der Waals surface area contributed by atoms with Gasteiger partial charge >= 0.3 is 0 Å². The minimum absolute atomic E-state index is 0.0601. The Morgan fingerprint density at radius 2 is 2.20 bits per heavy atom. The second-order valence-corrected chi connectivity index (χ2v) is 3.74. The van der Waals surface area contributed by atoms with Gasteiger partial charge in [-0.2, -0.15) is 5.26 Å². The quantitative estimate of drug-likeness (QED) is 0.807. The summed E-state index contributed by atoms with van der Waals surface area (Å²) in [5.41, 5.74) is 1.24. The Kier molecular flexibility index (Phi) is 3.33. The molecule has 15 heavy (non-hydrogen) atoms. The maximum absolute atomic E-state index is 8.57. The lowest BCUT2D eigenvalue weighted by atomic mass is 10.0. The van der Waals surface area contributed by atoms with E-state index < -0.39 is 0 Å². The number of nitriles is 1. The average Bonchev–Trinajstić information content (AvgIpc) is 2.26. The molecule has 0 aliphatic carbocycles. The molecule has 2 unspecified atom stereocenters.